The second kappa shape index (κ2) is 0.486. The predicted molar refractivity (Wildman–Crippen MR) is 61.6 cm³/mol. The Hall–Kier alpha value is 0.169. The maximum absolute atomic E-state index is 4.79. The average Bonchev–Trinajstić information content (AvgIpc) is 3.21. The molecule has 5 N–H and O–H groups in total. The van der Waals surface area contributed by atoms with Crippen molar-refractivity contribution in [3.8, 4) is 0 Å². The Labute approximate surface area is 88.9 Å². The van der Waals surface area contributed by atoms with Crippen molar-refractivity contribution in [2.24, 2.45) is 11.6 Å². The molecular weight excluding hydrogens is 262 g/mol. The van der Waals surface area contributed by atoms with Crippen molar-refractivity contribution in [3.05, 3.63) is 0 Å². The molecule has 0 unspecified atom stereocenters. The van der Waals surface area contributed by atoms with Gasteiger partial charge < -0.3 is 11.2 Å². The molecular formula is C11H15FeN3S. The standard InChI is InChI=1S/2C5H5.CH5N3S.Fe/c2*1-2-4-5-3-1;2-1(5)4-3;/h2*1-5H;3H2,(H3,2,4,5);. The van der Waals surface area contributed by atoms with Crippen molar-refractivity contribution in [3.63, 3.8) is 0 Å². The summed E-state index contributed by atoms with van der Waals surface area (Å²) in [4.78, 5) is 15.9. The van der Waals surface area contributed by atoms with E-state index in [9.17, 15) is 0 Å². The molecule has 88 valence electrons. The molecule has 0 aromatic heterocycles. The van der Waals surface area contributed by atoms with Crippen molar-refractivity contribution in [2.75, 3.05) is 0 Å². The zero-order valence-electron chi connectivity index (χ0n) is 8.69. The normalized spacial score (nSPS) is 120. The van der Waals surface area contributed by atoms with E-state index in [2.05, 4.69) is 18.1 Å². The van der Waals surface area contributed by atoms with Crippen LogP contribution in [-0.4, -0.2) is 5.11 Å². The molecule has 1 spiro atoms. The zero-order chi connectivity index (χ0) is 10.4. The van der Waals surface area contributed by atoms with Crippen molar-refractivity contribution >= 4 is 17.3 Å². The number of nitrogens with two attached hydrogens (primary N) is 2. The van der Waals surface area contributed by atoms with E-state index in [1.807, 2.05) is 5.43 Å². The van der Waals surface area contributed by atoms with E-state index in [4.69, 9.17) is 5.73 Å². The summed E-state index contributed by atoms with van der Waals surface area (Å²) in [5.41, 5.74) is 6.82. The first-order valence-corrected chi connectivity index (χ1v) is 13.2. The third-order valence-corrected chi connectivity index (χ3v) is 56.7. The van der Waals surface area contributed by atoms with Gasteiger partial charge in [-0.05, 0) is 12.2 Å². The third-order valence-electron chi connectivity index (χ3n) is 14.7. The number of hydrogen-bond donors (Lipinski definition) is 3. The monoisotopic (exact) mass is 277 g/mol. The van der Waals surface area contributed by atoms with E-state index >= 15 is 0 Å². The predicted octanol–water partition coefficient (Wildman–Crippen LogP) is 2.07. The molecule has 10 saturated heterocycles. The molecule has 0 amide bonds. The molecule has 3 nitrogen and oxygen atoms in total. The van der Waals surface area contributed by atoms with Crippen LogP contribution in [0.4, 0.5) is 0 Å². The van der Waals surface area contributed by atoms with Gasteiger partial charge in [0.1, 0.15) is 0 Å². The van der Waals surface area contributed by atoms with E-state index < -0.39 is 6.51 Å². The minimum absolute atomic E-state index is 0.116. The van der Waals surface area contributed by atoms with Crippen molar-refractivity contribution < 1.29 is 6.51 Å². The molecule has 10 rings (SSSR count). The SMILES string of the molecule is NNC(N)=S.[CH]12[CH]3[CH]4[CH]5[CH]1[Fe]23451678[CH]2[CH]1[CH]6[CH]7[CH]28. The summed E-state index contributed by atoms with van der Waals surface area (Å²) in [6.07, 6.45) is 0. The Morgan fingerprint density at radius 1 is 0.812 bits per heavy atom. The summed E-state index contributed by atoms with van der Waals surface area (Å²) >= 11 is 4.24. The van der Waals surface area contributed by atoms with Gasteiger partial charge in [-0.15, -0.1) is 0 Å². The van der Waals surface area contributed by atoms with Gasteiger partial charge in [0.15, 0.2) is 5.11 Å². The summed E-state index contributed by atoms with van der Waals surface area (Å²) in [6.45, 7) is -2.28. The van der Waals surface area contributed by atoms with Crippen LogP contribution in [0.25, 0.3) is 0 Å². The molecule has 10 aliphatic heterocycles. The van der Waals surface area contributed by atoms with Gasteiger partial charge in [-0.1, -0.05) is 0 Å². The van der Waals surface area contributed by atoms with Crippen LogP contribution in [-0.2, 0) is 6.51 Å². The number of rotatable bonds is 0. The van der Waals surface area contributed by atoms with Crippen LogP contribution in [0.2, 0.25) is 48.2 Å². The van der Waals surface area contributed by atoms with Gasteiger partial charge in [-0.2, -0.15) is 0 Å². The summed E-state index contributed by atoms with van der Waals surface area (Å²) in [5, 5.41) is 0.116. The molecule has 0 aliphatic carbocycles. The summed E-state index contributed by atoms with van der Waals surface area (Å²) < 4.78 is 0. The quantitative estimate of drug-likeness (QED) is 0.274. The van der Waals surface area contributed by atoms with Crippen molar-refractivity contribution in [1.82, 2.24) is 5.43 Å². The van der Waals surface area contributed by atoms with Crippen LogP contribution < -0.4 is 17.0 Å². The second-order valence-electron chi connectivity index (χ2n) is 10.1. The Balaban J connectivity index is 0.000000105. The molecule has 10 aliphatic rings. The Morgan fingerprint density at radius 2 is 1.00 bits per heavy atom. The van der Waals surface area contributed by atoms with Gasteiger partial charge in [-0.3, -0.25) is 0 Å². The van der Waals surface area contributed by atoms with Crippen LogP contribution in [0, 0.1) is 0 Å². The molecule has 0 saturated carbocycles. The van der Waals surface area contributed by atoms with Crippen LogP contribution in [0.15, 0.2) is 0 Å². The van der Waals surface area contributed by atoms with Crippen molar-refractivity contribution in [1.29, 1.82) is 0 Å². The Bertz CT molecular complexity index is 693. The first-order valence-electron chi connectivity index (χ1n) is 6.41. The average molecular weight is 277 g/mol. The number of hydrazine groups is 1. The number of thiocarbonyl (C=S) groups is 1. The number of hydrogen-bond acceptors (Lipinski definition) is 2. The fourth-order valence-electron chi connectivity index (χ4n) is 15.8. The van der Waals surface area contributed by atoms with Gasteiger partial charge in [0.25, 0.3) is 0 Å². The van der Waals surface area contributed by atoms with E-state index in [-0.39, 0.29) is 5.11 Å². The van der Waals surface area contributed by atoms with Crippen LogP contribution in [0.5, 0.6) is 0 Å². The van der Waals surface area contributed by atoms with Gasteiger partial charge in [0, 0.05) is 0 Å². The number of fused-ring (bicyclic) bond motifs is 10. The first-order chi connectivity index (χ1) is 7.43. The summed E-state index contributed by atoms with van der Waals surface area (Å²) in [6, 6.07) is 0. The molecule has 0 aromatic rings. The topological polar surface area (TPSA) is 64.1 Å². The molecule has 10 fully saturated rings. The molecule has 5 heteroatoms. The number of nitrogens with one attached hydrogen (secondary N) is 1. The molecule has 0 bridgehead atoms. The van der Waals surface area contributed by atoms with Gasteiger partial charge in [0.2, 0.25) is 0 Å². The van der Waals surface area contributed by atoms with Gasteiger partial charge >= 0.3 is 54.7 Å². The van der Waals surface area contributed by atoms with Crippen LogP contribution in [0.1, 0.15) is 0 Å². The second-order valence-corrected chi connectivity index (χ2v) is 34.5. The summed E-state index contributed by atoms with van der Waals surface area (Å²) in [5.74, 6) is 4.66. The first kappa shape index (κ1) is 6.37. The van der Waals surface area contributed by atoms with Gasteiger partial charge in [0.05, 0.1) is 0 Å². The van der Waals surface area contributed by atoms with Crippen molar-refractivity contribution in [2.45, 2.75) is 48.2 Å². The Morgan fingerprint density at radius 3 is 1.00 bits per heavy atom. The molecule has 0 radical (unpaired) electrons. The van der Waals surface area contributed by atoms with E-state index in [0.717, 1.165) is 0 Å². The van der Waals surface area contributed by atoms with E-state index in [0.29, 0.717) is 0 Å². The molecule has 0 aromatic carbocycles. The van der Waals surface area contributed by atoms with Crippen LogP contribution >= 0.6 is 12.2 Å². The molecule has 0 atom stereocenters. The van der Waals surface area contributed by atoms with Gasteiger partial charge in [-0.25, -0.2) is 5.84 Å². The third kappa shape index (κ3) is 0.0601. The maximum atomic E-state index is 4.79. The fourth-order valence-corrected chi connectivity index (χ4v) is 88.0. The zero-order valence-corrected chi connectivity index (χ0v) is 10.6. The fraction of sp³-hybridized carbons (Fsp3) is 0.909. The van der Waals surface area contributed by atoms with Crippen LogP contribution in [0.3, 0.4) is 0 Å². The molecule has 10 heterocycles. The van der Waals surface area contributed by atoms with E-state index in [1.165, 1.54) is 0 Å². The van der Waals surface area contributed by atoms with E-state index in [1.54, 1.807) is 48.2 Å². The minimum atomic E-state index is -2.28. The molecule has 16 heavy (non-hydrogen) atoms. The Kier molecular flexibility index (Phi) is 0.193. The summed E-state index contributed by atoms with van der Waals surface area (Å²) in [7, 11) is 0.